The van der Waals surface area contributed by atoms with Gasteiger partial charge in [-0.3, -0.25) is 13.9 Å². The van der Waals surface area contributed by atoms with E-state index in [1.54, 1.807) is 19.1 Å². The highest BCUT2D eigenvalue weighted by atomic mass is 32.2. The molecule has 2 rings (SSSR count). The second-order valence-corrected chi connectivity index (χ2v) is 11.6. The largest absolute Gasteiger partial charge is 0.497 e. The third-order valence-corrected chi connectivity index (χ3v) is 6.56. The number of amides is 2. The van der Waals surface area contributed by atoms with Crippen molar-refractivity contribution < 1.29 is 27.5 Å². The van der Waals surface area contributed by atoms with E-state index in [0.717, 1.165) is 21.7 Å². The molecule has 0 radical (unpaired) electrons. The summed E-state index contributed by atoms with van der Waals surface area (Å²) in [6.07, 6.45) is 1.02. The van der Waals surface area contributed by atoms with Gasteiger partial charge < -0.3 is 19.7 Å². The van der Waals surface area contributed by atoms with Gasteiger partial charge >= 0.3 is 0 Å². The Morgan fingerprint density at radius 3 is 2.25 bits per heavy atom. The van der Waals surface area contributed by atoms with Crippen LogP contribution in [0.3, 0.4) is 0 Å². The summed E-state index contributed by atoms with van der Waals surface area (Å²) >= 11 is 0. The Hall–Kier alpha value is -3.27. The van der Waals surface area contributed by atoms with Crippen LogP contribution in [0.5, 0.6) is 11.5 Å². The molecule has 0 aromatic heterocycles. The molecule has 2 aromatic carbocycles. The summed E-state index contributed by atoms with van der Waals surface area (Å²) < 4.78 is 37.2. The van der Waals surface area contributed by atoms with Crippen LogP contribution < -0.4 is 19.1 Å². The molecule has 0 aliphatic heterocycles. The van der Waals surface area contributed by atoms with Crippen molar-refractivity contribution in [2.75, 3.05) is 31.3 Å². The Labute approximate surface area is 214 Å². The molecule has 0 aliphatic carbocycles. The van der Waals surface area contributed by atoms with Crippen molar-refractivity contribution in [1.82, 2.24) is 10.2 Å². The molecule has 36 heavy (non-hydrogen) atoms. The monoisotopic (exact) mass is 519 g/mol. The molecule has 0 saturated carbocycles. The molecular weight excluding hydrogens is 482 g/mol. The number of nitrogens with zero attached hydrogens (tertiary/aromatic N) is 2. The zero-order valence-corrected chi connectivity index (χ0v) is 23.1. The van der Waals surface area contributed by atoms with E-state index in [4.69, 9.17) is 9.47 Å². The molecule has 10 heteroatoms. The second kappa shape index (κ2) is 11.6. The number of methoxy groups -OCH3 is 2. The lowest BCUT2D eigenvalue weighted by Crippen LogP contribution is -2.54. The Kier molecular flexibility index (Phi) is 9.37. The summed E-state index contributed by atoms with van der Waals surface area (Å²) in [5.74, 6) is -0.159. The van der Waals surface area contributed by atoms with Crippen molar-refractivity contribution in [1.29, 1.82) is 0 Å². The van der Waals surface area contributed by atoms with Crippen molar-refractivity contribution in [3.63, 3.8) is 0 Å². The first-order valence-corrected chi connectivity index (χ1v) is 13.4. The first-order chi connectivity index (χ1) is 16.7. The van der Waals surface area contributed by atoms with E-state index in [1.165, 1.54) is 25.2 Å². The van der Waals surface area contributed by atoms with E-state index >= 15 is 0 Å². The van der Waals surface area contributed by atoms with Crippen LogP contribution in [0.15, 0.2) is 42.5 Å². The van der Waals surface area contributed by atoms with E-state index in [2.05, 4.69) is 5.32 Å². The van der Waals surface area contributed by atoms with Gasteiger partial charge in [-0.2, -0.15) is 0 Å². The number of nitrogens with one attached hydrogen (secondary N) is 1. The molecule has 2 aromatic rings. The average molecular weight is 520 g/mol. The van der Waals surface area contributed by atoms with Crippen molar-refractivity contribution in [3.8, 4) is 11.5 Å². The summed E-state index contributed by atoms with van der Waals surface area (Å²) in [6, 6.07) is 11.4. The summed E-state index contributed by atoms with van der Waals surface area (Å²) in [5, 5.41) is 2.90. The Bertz CT molecular complexity index is 1190. The lowest BCUT2D eigenvalue weighted by Gasteiger charge is -2.33. The summed E-state index contributed by atoms with van der Waals surface area (Å²) in [7, 11) is -0.997. The molecule has 0 spiro atoms. The molecule has 1 unspecified atom stereocenters. The average Bonchev–Trinajstić information content (AvgIpc) is 2.78. The predicted octanol–water partition coefficient (Wildman–Crippen LogP) is 3.11. The number of hydrogen-bond acceptors (Lipinski definition) is 6. The van der Waals surface area contributed by atoms with E-state index in [9.17, 15) is 18.0 Å². The minimum absolute atomic E-state index is 0.136. The molecule has 0 heterocycles. The number of carbonyl (C=O) groups is 2. The van der Waals surface area contributed by atoms with Crippen molar-refractivity contribution in [2.24, 2.45) is 0 Å². The van der Waals surface area contributed by atoms with Crippen molar-refractivity contribution in [3.05, 3.63) is 53.6 Å². The first-order valence-electron chi connectivity index (χ1n) is 11.5. The molecule has 1 N–H and O–H groups in total. The maximum Gasteiger partial charge on any atom is 0.244 e. The summed E-state index contributed by atoms with van der Waals surface area (Å²) in [5.41, 5.74) is 1.52. The van der Waals surface area contributed by atoms with Gasteiger partial charge in [0, 0.05) is 18.2 Å². The molecule has 9 nitrogen and oxygen atoms in total. The van der Waals surface area contributed by atoms with Gasteiger partial charge in [0.1, 0.15) is 24.1 Å². The number of anilines is 1. The Morgan fingerprint density at radius 2 is 1.72 bits per heavy atom. The number of ether oxygens (including phenoxy) is 2. The maximum absolute atomic E-state index is 13.7. The van der Waals surface area contributed by atoms with Gasteiger partial charge in [0.25, 0.3) is 0 Å². The number of carbonyl (C=O) groups excluding carboxylic acids is 2. The van der Waals surface area contributed by atoms with Gasteiger partial charge in [-0.15, -0.1) is 0 Å². The quantitative estimate of drug-likeness (QED) is 0.517. The normalized spacial score (nSPS) is 12.4. The molecule has 0 aliphatic rings. The Morgan fingerprint density at radius 1 is 1.06 bits per heavy atom. The second-order valence-electron chi connectivity index (χ2n) is 9.73. The van der Waals surface area contributed by atoms with Gasteiger partial charge in [-0.05, 0) is 52.3 Å². The van der Waals surface area contributed by atoms with E-state index in [1.807, 2.05) is 52.0 Å². The lowest BCUT2D eigenvalue weighted by molar-refractivity contribution is -0.140. The fourth-order valence-corrected chi connectivity index (χ4v) is 4.50. The first kappa shape index (κ1) is 29.0. The zero-order valence-electron chi connectivity index (χ0n) is 22.3. The van der Waals surface area contributed by atoms with E-state index in [0.29, 0.717) is 5.75 Å². The third-order valence-electron chi connectivity index (χ3n) is 5.44. The predicted molar refractivity (Wildman–Crippen MR) is 141 cm³/mol. The highest BCUT2D eigenvalue weighted by Gasteiger charge is 2.32. The molecule has 198 valence electrons. The van der Waals surface area contributed by atoms with Gasteiger partial charge in [0.15, 0.2) is 0 Å². The van der Waals surface area contributed by atoms with E-state index < -0.39 is 34.1 Å². The lowest BCUT2D eigenvalue weighted by atomic mass is 10.1. The topological polar surface area (TPSA) is 105 Å². The van der Waals surface area contributed by atoms with Crippen molar-refractivity contribution >= 4 is 27.5 Å². The van der Waals surface area contributed by atoms with Gasteiger partial charge in [0.05, 0.1) is 26.2 Å². The Balaban J connectivity index is 2.48. The van der Waals surface area contributed by atoms with Crippen molar-refractivity contribution in [2.45, 2.75) is 52.7 Å². The van der Waals surface area contributed by atoms with Gasteiger partial charge in [-0.1, -0.05) is 29.8 Å². The van der Waals surface area contributed by atoms with Crippen LogP contribution in [0.2, 0.25) is 0 Å². The van der Waals surface area contributed by atoms with Crippen LogP contribution in [0.1, 0.15) is 38.8 Å². The van der Waals surface area contributed by atoms with Crippen LogP contribution in [-0.2, 0) is 26.2 Å². The fraction of sp³-hybridized carbons (Fsp3) is 0.462. The number of hydrogen-bond donors (Lipinski definition) is 1. The molecule has 0 saturated heterocycles. The van der Waals surface area contributed by atoms with Crippen LogP contribution >= 0.6 is 0 Å². The third kappa shape index (κ3) is 7.87. The number of benzene rings is 2. The minimum atomic E-state index is -3.89. The van der Waals surface area contributed by atoms with Crippen LogP contribution in [-0.4, -0.2) is 63.7 Å². The fourth-order valence-electron chi connectivity index (χ4n) is 3.65. The highest BCUT2D eigenvalue weighted by molar-refractivity contribution is 7.92. The number of sulfonamides is 1. The SMILES string of the molecule is COc1ccc(N(CC(=O)N(Cc2cccc(C)c2)C(C)C(=O)NC(C)(C)C)S(C)(=O)=O)c(OC)c1. The van der Waals surface area contributed by atoms with Gasteiger partial charge in [-0.25, -0.2) is 8.42 Å². The van der Waals surface area contributed by atoms with E-state index in [-0.39, 0.29) is 23.9 Å². The number of rotatable bonds is 10. The molecule has 0 bridgehead atoms. The molecular formula is C26H37N3O6S. The minimum Gasteiger partial charge on any atom is -0.497 e. The molecule has 1 atom stereocenters. The summed E-state index contributed by atoms with van der Waals surface area (Å²) in [4.78, 5) is 28.1. The zero-order chi connectivity index (χ0) is 27.3. The van der Waals surface area contributed by atoms with Crippen LogP contribution in [0, 0.1) is 6.92 Å². The van der Waals surface area contributed by atoms with Crippen LogP contribution in [0.25, 0.3) is 0 Å². The standard InChI is InChI=1S/C26H37N3O6S/c1-18-10-9-11-20(14-18)16-28(19(2)25(31)27-26(3,4)5)24(30)17-29(36(8,32)33)22-13-12-21(34-6)15-23(22)35-7/h9-15,19H,16-17H2,1-8H3,(H,27,31). The molecule has 2 amide bonds. The maximum atomic E-state index is 13.7. The molecule has 0 fully saturated rings. The smallest absolute Gasteiger partial charge is 0.244 e. The highest BCUT2D eigenvalue weighted by Crippen LogP contribution is 2.33. The summed E-state index contributed by atoms with van der Waals surface area (Å²) in [6.45, 7) is 8.75. The van der Waals surface area contributed by atoms with Gasteiger partial charge in [0.2, 0.25) is 21.8 Å². The number of aryl methyl sites for hydroxylation is 1. The van der Waals surface area contributed by atoms with Crippen LogP contribution in [0.4, 0.5) is 5.69 Å².